The molecule has 0 aliphatic heterocycles. The SMILES string of the molecule is [2H]C([2H])([2H])n1cc(-c2ccc(-c3nc4c([C@@H](C)Nc5ccc(Cl)nc5C(=O)NS(C)(=O)=O)cc(C)cc4c(=O)n3C)cn2)cn1. The average molecular weight is 610 g/mol. The first kappa shape index (κ1) is 25.1. The third kappa shape index (κ3) is 5.87. The van der Waals surface area contributed by atoms with Crippen LogP contribution in [0.2, 0.25) is 5.15 Å². The van der Waals surface area contributed by atoms with Crippen molar-refractivity contribution in [3.05, 3.63) is 87.3 Å². The zero-order chi connectivity index (χ0) is 32.8. The maximum atomic E-state index is 13.6. The summed E-state index contributed by atoms with van der Waals surface area (Å²) in [6.07, 6.45) is 5.19. The molecule has 216 valence electrons. The Labute approximate surface area is 250 Å². The molecule has 4 aromatic heterocycles. The van der Waals surface area contributed by atoms with Gasteiger partial charge in [0.15, 0.2) is 5.69 Å². The van der Waals surface area contributed by atoms with E-state index in [1.54, 1.807) is 32.2 Å². The van der Waals surface area contributed by atoms with Gasteiger partial charge < -0.3 is 5.32 Å². The van der Waals surface area contributed by atoms with Crippen molar-refractivity contribution < 1.29 is 17.3 Å². The first-order chi connectivity index (χ1) is 21.0. The molecule has 0 aliphatic carbocycles. The van der Waals surface area contributed by atoms with E-state index in [9.17, 15) is 18.0 Å². The Morgan fingerprint density at radius 1 is 1.12 bits per heavy atom. The van der Waals surface area contributed by atoms with Gasteiger partial charge in [0.2, 0.25) is 10.0 Å². The molecule has 12 nitrogen and oxygen atoms in total. The molecular weight excluding hydrogens is 580 g/mol. The fourth-order valence-corrected chi connectivity index (χ4v) is 5.13. The third-order valence-corrected chi connectivity index (χ3v) is 7.21. The summed E-state index contributed by atoms with van der Waals surface area (Å²) in [6.45, 7) is 1.23. The number of aromatic nitrogens is 6. The zero-order valence-electron chi connectivity index (χ0n) is 25.9. The largest absolute Gasteiger partial charge is 0.377 e. The maximum absolute atomic E-state index is 13.6. The number of amides is 1. The van der Waals surface area contributed by atoms with Gasteiger partial charge in [-0.3, -0.25) is 23.8 Å². The molecule has 0 unspecified atom stereocenters. The van der Waals surface area contributed by atoms with Gasteiger partial charge in [-0.05, 0) is 49.7 Å². The highest BCUT2D eigenvalue weighted by atomic mass is 35.5. The molecule has 14 heteroatoms. The number of carbonyl (C=O) groups is 1. The smallest absolute Gasteiger partial charge is 0.285 e. The number of fused-ring (bicyclic) bond motifs is 1. The minimum Gasteiger partial charge on any atom is -0.377 e. The molecule has 0 fully saturated rings. The third-order valence-electron chi connectivity index (χ3n) is 6.45. The van der Waals surface area contributed by atoms with E-state index in [2.05, 4.69) is 20.4 Å². The molecule has 0 bridgehead atoms. The highest BCUT2D eigenvalue weighted by Crippen LogP contribution is 2.30. The summed E-state index contributed by atoms with van der Waals surface area (Å²) in [5.74, 6) is -0.622. The van der Waals surface area contributed by atoms with Crippen molar-refractivity contribution in [2.45, 2.75) is 19.9 Å². The Hall–Kier alpha value is -4.62. The van der Waals surface area contributed by atoms with Gasteiger partial charge in [0.1, 0.15) is 11.0 Å². The normalized spacial score (nSPS) is 13.7. The standard InChI is InChI=1S/C28H27ClN8O4S/c1-15-10-19(16(2)32-22-8-9-23(29)33-25(22)27(38)35-42(5,40)41)24-20(11-15)28(39)37(4)26(34-24)17-6-7-21(30-12-17)18-13-31-36(3)14-18/h6-14,16,32H,1-5H3,(H,35,38)/t16-/m1/s1/i3D3. The molecule has 1 aromatic carbocycles. The van der Waals surface area contributed by atoms with Crippen molar-refractivity contribution in [3.63, 3.8) is 0 Å². The monoisotopic (exact) mass is 609 g/mol. The van der Waals surface area contributed by atoms with Gasteiger partial charge >= 0.3 is 0 Å². The number of sulfonamides is 1. The van der Waals surface area contributed by atoms with Gasteiger partial charge in [-0.1, -0.05) is 17.7 Å². The van der Waals surface area contributed by atoms with Crippen molar-refractivity contribution in [2.75, 3.05) is 11.6 Å². The lowest BCUT2D eigenvalue weighted by Gasteiger charge is -2.20. The fraction of sp³-hybridized carbons (Fsp3) is 0.214. The number of carbonyl (C=O) groups excluding carboxylic acids is 1. The molecule has 1 atom stereocenters. The predicted molar refractivity (Wildman–Crippen MR) is 161 cm³/mol. The second-order valence-electron chi connectivity index (χ2n) is 9.76. The second kappa shape index (κ2) is 11.0. The van der Waals surface area contributed by atoms with E-state index in [1.165, 1.54) is 35.3 Å². The molecule has 0 saturated heterocycles. The van der Waals surface area contributed by atoms with Crippen molar-refractivity contribution in [1.82, 2.24) is 34.0 Å². The van der Waals surface area contributed by atoms with Gasteiger partial charge in [0, 0.05) is 47.2 Å². The summed E-state index contributed by atoms with van der Waals surface area (Å²) in [4.78, 5) is 39.7. The number of nitrogens with one attached hydrogen (secondary N) is 2. The summed E-state index contributed by atoms with van der Waals surface area (Å²) < 4.78 is 50.1. The van der Waals surface area contributed by atoms with E-state index in [-0.39, 0.29) is 22.1 Å². The van der Waals surface area contributed by atoms with Crippen LogP contribution in [0.25, 0.3) is 33.5 Å². The van der Waals surface area contributed by atoms with Crippen LogP contribution in [0.5, 0.6) is 0 Å². The highest BCUT2D eigenvalue weighted by Gasteiger charge is 2.22. The predicted octanol–water partition coefficient (Wildman–Crippen LogP) is 3.62. The number of hydrogen-bond acceptors (Lipinski definition) is 9. The highest BCUT2D eigenvalue weighted by molar-refractivity contribution is 7.89. The van der Waals surface area contributed by atoms with E-state index >= 15 is 0 Å². The first-order valence-electron chi connectivity index (χ1n) is 14.0. The molecule has 2 N–H and O–H groups in total. The van der Waals surface area contributed by atoms with Crippen LogP contribution in [0, 0.1) is 6.92 Å². The Morgan fingerprint density at radius 3 is 2.57 bits per heavy atom. The molecule has 4 heterocycles. The van der Waals surface area contributed by atoms with Gasteiger partial charge in [0.25, 0.3) is 11.5 Å². The van der Waals surface area contributed by atoms with Crippen LogP contribution in [0.3, 0.4) is 0 Å². The Balaban J connectivity index is 1.55. The van der Waals surface area contributed by atoms with E-state index < -0.39 is 28.9 Å². The van der Waals surface area contributed by atoms with Gasteiger partial charge in [0.05, 0.1) is 40.8 Å². The van der Waals surface area contributed by atoms with E-state index in [0.29, 0.717) is 39.1 Å². The van der Waals surface area contributed by atoms with Crippen molar-refractivity contribution in [1.29, 1.82) is 0 Å². The zero-order valence-corrected chi connectivity index (χ0v) is 24.4. The Bertz CT molecular complexity index is 2130. The Morgan fingerprint density at radius 2 is 1.90 bits per heavy atom. The van der Waals surface area contributed by atoms with Crippen molar-refractivity contribution >= 4 is 44.1 Å². The number of benzene rings is 1. The van der Waals surface area contributed by atoms with E-state index in [0.717, 1.165) is 16.5 Å². The summed E-state index contributed by atoms with van der Waals surface area (Å²) in [5, 5.41) is 7.44. The molecule has 0 spiro atoms. The van der Waals surface area contributed by atoms with Crippen LogP contribution >= 0.6 is 11.6 Å². The number of hydrogen-bond donors (Lipinski definition) is 2. The molecule has 0 saturated carbocycles. The second-order valence-corrected chi connectivity index (χ2v) is 11.9. The summed E-state index contributed by atoms with van der Waals surface area (Å²) in [7, 11) is -2.26. The van der Waals surface area contributed by atoms with Crippen LogP contribution in [-0.2, 0) is 24.0 Å². The first-order valence-corrected chi connectivity index (χ1v) is 14.8. The van der Waals surface area contributed by atoms with Crippen molar-refractivity contribution in [2.24, 2.45) is 14.0 Å². The maximum Gasteiger partial charge on any atom is 0.285 e. The minimum absolute atomic E-state index is 0.00611. The number of anilines is 1. The molecule has 42 heavy (non-hydrogen) atoms. The molecule has 5 rings (SSSR count). The lowest BCUT2D eigenvalue weighted by molar-refractivity contribution is 0.0977. The Kier molecular flexibility index (Phi) is 6.57. The number of nitrogens with zero attached hydrogens (tertiary/aromatic N) is 6. The van der Waals surface area contributed by atoms with Crippen LogP contribution in [-0.4, -0.2) is 49.9 Å². The average Bonchev–Trinajstić information content (AvgIpc) is 3.46. The van der Waals surface area contributed by atoms with Crippen LogP contribution in [0.4, 0.5) is 5.69 Å². The van der Waals surface area contributed by atoms with Gasteiger partial charge in [-0.25, -0.2) is 23.1 Å². The van der Waals surface area contributed by atoms with E-state index in [1.807, 2.05) is 17.7 Å². The number of pyridine rings is 2. The number of halogens is 1. The molecule has 5 aromatic rings. The molecule has 0 aliphatic rings. The summed E-state index contributed by atoms with van der Waals surface area (Å²) >= 11 is 6.01. The van der Waals surface area contributed by atoms with Gasteiger partial charge in [-0.15, -0.1) is 0 Å². The van der Waals surface area contributed by atoms with Crippen LogP contribution in [0.15, 0.2) is 59.8 Å². The summed E-state index contributed by atoms with van der Waals surface area (Å²) in [6, 6.07) is 9.44. The number of rotatable bonds is 7. The molecule has 0 radical (unpaired) electrons. The number of aryl methyl sites for hydroxylation is 2. The lowest BCUT2D eigenvalue weighted by Crippen LogP contribution is -2.31. The van der Waals surface area contributed by atoms with Gasteiger partial charge in [-0.2, -0.15) is 5.10 Å². The molecule has 1 amide bonds. The quantitative estimate of drug-likeness (QED) is 0.263. The lowest BCUT2D eigenvalue weighted by atomic mass is 10.0. The van der Waals surface area contributed by atoms with E-state index in [4.69, 9.17) is 20.7 Å². The minimum atomic E-state index is -3.87. The van der Waals surface area contributed by atoms with Crippen LogP contribution < -0.4 is 15.6 Å². The van der Waals surface area contributed by atoms with Crippen LogP contribution in [0.1, 0.15) is 38.7 Å². The van der Waals surface area contributed by atoms with Crippen molar-refractivity contribution in [3.8, 4) is 22.6 Å². The fourth-order valence-electron chi connectivity index (χ4n) is 4.55. The topological polar surface area (TPSA) is 154 Å². The molecular formula is C28H27ClN8O4S. The summed E-state index contributed by atoms with van der Waals surface area (Å²) in [5.41, 5.74) is 3.07.